The maximum atomic E-state index is 4.15. The molecule has 1 saturated heterocycles. The highest BCUT2D eigenvalue weighted by Crippen LogP contribution is 2.20. The van der Waals surface area contributed by atoms with Gasteiger partial charge in [-0.25, -0.2) is 34.9 Å². The van der Waals surface area contributed by atoms with Gasteiger partial charge in [-0.05, 0) is 129 Å². The molecule has 0 unspecified atom stereocenters. The van der Waals surface area contributed by atoms with Crippen LogP contribution in [0, 0.1) is 0 Å². The van der Waals surface area contributed by atoms with Crippen LogP contribution in [0.4, 0.5) is 11.6 Å². The molecular weight excluding hydrogens is 1530 g/mol. The molecular formula is C103H185N21. The molecule has 124 heavy (non-hydrogen) atoms. The first-order valence-electron chi connectivity index (χ1n) is 46.3. The number of hydrogen-bond acceptors (Lipinski definition) is 17. The van der Waals surface area contributed by atoms with E-state index in [0.717, 1.165) is 78.5 Å². The third kappa shape index (κ3) is 83.9. The molecule has 0 saturated carbocycles. The van der Waals surface area contributed by atoms with E-state index in [-0.39, 0.29) is 0 Å². The van der Waals surface area contributed by atoms with E-state index in [9.17, 15) is 0 Å². The fourth-order valence-corrected chi connectivity index (χ4v) is 7.11. The molecule has 10 aromatic rings. The lowest BCUT2D eigenvalue weighted by Gasteiger charge is -2.12. The molecule has 0 radical (unpaired) electrons. The number of fused-ring (bicyclic) bond motifs is 6. The third-order valence-corrected chi connectivity index (χ3v) is 11.2. The number of imidazole rings is 1. The number of aromatic amines is 4. The van der Waals surface area contributed by atoms with Crippen LogP contribution in [0.15, 0.2) is 278 Å². The molecule has 702 valence electrons. The van der Waals surface area contributed by atoms with Crippen LogP contribution >= 0.6 is 0 Å². The fourth-order valence-electron chi connectivity index (χ4n) is 7.11. The monoisotopic (exact) mass is 1720 g/mol. The van der Waals surface area contributed by atoms with Crippen LogP contribution in [-0.4, -0.2) is 92.9 Å². The Balaban J connectivity index is -0.0000000867. The zero-order chi connectivity index (χ0) is 98.7. The maximum Gasteiger partial charge on any atom is 0.177 e. The van der Waals surface area contributed by atoms with E-state index in [0.29, 0.717) is 11.6 Å². The minimum Gasteiger partial charge on any atom is -0.361 e. The first-order valence-corrected chi connectivity index (χ1v) is 46.3. The number of H-pyrrole nitrogens is 4. The summed E-state index contributed by atoms with van der Waals surface area (Å²) in [5.41, 5.74) is 10.8. The van der Waals surface area contributed by atoms with Crippen LogP contribution in [0.1, 0.15) is 301 Å². The highest BCUT2D eigenvalue weighted by Gasteiger charge is 2.06. The highest BCUT2D eigenvalue weighted by molar-refractivity contribution is 5.89. The summed E-state index contributed by atoms with van der Waals surface area (Å²) in [5, 5.41) is 20.1. The summed E-state index contributed by atoms with van der Waals surface area (Å²) >= 11 is 0. The van der Waals surface area contributed by atoms with Crippen molar-refractivity contribution in [1.82, 2.24) is 76.1 Å². The van der Waals surface area contributed by atoms with Crippen LogP contribution in [0.5, 0.6) is 0 Å². The zero-order valence-electron chi connectivity index (χ0n) is 86.1. The highest BCUT2D eigenvalue weighted by atomic mass is 15.1. The van der Waals surface area contributed by atoms with Crippen molar-refractivity contribution in [2.75, 3.05) is 23.7 Å². The summed E-state index contributed by atoms with van der Waals surface area (Å²) in [5.74, 6) is 3.05. The average Bonchev–Trinajstić information content (AvgIpc) is 1.57. The molecule has 1 fully saturated rings. The fraction of sp³-hybridized carbons (Fsp3) is 0.427. The van der Waals surface area contributed by atoms with Gasteiger partial charge in [0.25, 0.3) is 0 Å². The molecule has 16 rings (SSSR count). The van der Waals surface area contributed by atoms with Gasteiger partial charge in [-0.15, -0.1) is 0 Å². The second-order valence-corrected chi connectivity index (χ2v) is 17.5. The predicted octanol–water partition coefficient (Wildman–Crippen LogP) is 31.9. The van der Waals surface area contributed by atoms with Crippen LogP contribution in [-0.2, 0) is 0 Å². The van der Waals surface area contributed by atoms with Crippen molar-refractivity contribution in [3.63, 3.8) is 0 Å². The minimum absolute atomic E-state index is 0.635. The van der Waals surface area contributed by atoms with Crippen LogP contribution in [0.25, 0.3) is 50.1 Å². The molecule has 0 atom stereocenters. The second-order valence-electron chi connectivity index (χ2n) is 17.5. The number of aromatic nitrogens is 11. The Morgan fingerprint density at radius 1 is 0.323 bits per heavy atom. The summed E-state index contributed by atoms with van der Waals surface area (Å²) in [6.45, 7) is 101. The molecule has 21 nitrogen and oxygen atoms in total. The van der Waals surface area contributed by atoms with Crippen LogP contribution in [0.2, 0.25) is 0 Å². The van der Waals surface area contributed by atoms with Crippen LogP contribution in [0.3, 0.4) is 0 Å². The molecule has 0 bridgehead atoms. The van der Waals surface area contributed by atoms with Gasteiger partial charge >= 0.3 is 0 Å². The number of allylic oxidation sites excluding steroid dienone is 4. The molecule has 0 amide bonds. The molecule has 10 N–H and O–H groups in total. The Morgan fingerprint density at radius 2 is 0.806 bits per heavy atom. The van der Waals surface area contributed by atoms with E-state index >= 15 is 0 Å². The molecule has 0 aromatic carbocycles. The standard InChI is InChI=1S/C9H8N2.C8H7N3.3C7H6N2.C6H5N3.3C5H6N2.C4H9N.20C2H6/c1-7-4-5-8-3-2-6-10-9(8)11-7;1-6-10-5-7-3-2-4-9-8(7)11-6;1-4-9-7-2-3-8-5-6(1)7;1-3-8-5-7-6(1)2-4-9-7;1-2-6-7(8-4-1)3-5-9-6;1-2-5-6(7-3-1)9-4-8-5;1-5-4-6-2-3-7-5;1-5-2-3-6-4-7-5;1-5-6-3-2-4-7-5;1-2-4-5-3-1;20*1-2/h2-6H,1H2,(H,10,11);2-5H,1H2,(H,9,11);3*1-5,9H;1-4H,(H,7,8,9);2-4,7H,1H2;2-4H,1H2,(H,6,7);2-4,6H,1H2;5H,1-4H2;20*1-2H3. The summed E-state index contributed by atoms with van der Waals surface area (Å²) in [6, 6.07) is 25.4. The lowest BCUT2D eigenvalue weighted by Crippen LogP contribution is -2.08. The number of rotatable bonds is 0. The largest absolute Gasteiger partial charge is 0.361 e. The number of hydrogen-bond donors (Lipinski definition) is 10. The number of pyridine rings is 6. The Morgan fingerprint density at radius 3 is 1.24 bits per heavy atom. The number of nitrogens with one attached hydrogen (secondary N) is 10. The predicted molar refractivity (Wildman–Crippen MR) is 572 cm³/mol. The Bertz CT molecular complexity index is 3420. The summed E-state index contributed by atoms with van der Waals surface area (Å²) in [4.78, 5) is 55.7. The van der Waals surface area contributed by atoms with E-state index in [1.807, 2.05) is 405 Å². The van der Waals surface area contributed by atoms with Gasteiger partial charge in [-0.1, -0.05) is 310 Å². The van der Waals surface area contributed by atoms with Crippen molar-refractivity contribution in [3.8, 4) is 0 Å². The Hall–Kier alpha value is -11.7. The second kappa shape index (κ2) is 132. The quantitative estimate of drug-likeness (QED) is 0.0677. The van der Waals surface area contributed by atoms with Gasteiger partial charge in [-0.2, -0.15) is 0 Å². The van der Waals surface area contributed by atoms with E-state index in [1.165, 1.54) is 31.3 Å². The van der Waals surface area contributed by atoms with Gasteiger partial charge in [0.05, 0.1) is 40.9 Å². The lowest BCUT2D eigenvalue weighted by molar-refractivity contribution is 0.857. The zero-order valence-corrected chi connectivity index (χ0v) is 86.1. The van der Waals surface area contributed by atoms with E-state index < -0.39 is 0 Å². The Kier molecular flexibility index (Phi) is 153. The molecule has 10 aromatic heterocycles. The number of anilines is 2. The number of nitrogens with zero attached hydrogens (tertiary/aromatic N) is 11. The van der Waals surface area contributed by atoms with Crippen molar-refractivity contribution < 1.29 is 0 Å². The summed E-state index contributed by atoms with van der Waals surface area (Å²) in [7, 11) is 0. The first kappa shape index (κ1) is 144. The van der Waals surface area contributed by atoms with Crippen molar-refractivity contribution >= 4 is 86.7 Å². The molecule has 6 aliphatic heterocycles. The van der Waals surface area contributed by atoms with Gasteiger partial charge in [0.2, 0.25) is 0 Å². The van der Waals surface area contributed by atoms with E-state index in [4.69, 9.17) is 0 Å². The lowest BCUT2D eigenvalue weighted by atomic mass is 10.2. The molecule has 16 heterocycles. The smallest absolute Gasteiger partial charge is 0.177 e. The maximum absolute atomic E-state index is 4.15. The number of aliphatic imine (C=N–C) groups is 4. The minimum atomic E-state index is 0.635. The SMILES string of the molecule is C1CCNC1.C=C1C=CN=CN1.C=C1C=Cc2cccnc2N1.C=C1C=NC=CN1.C=C1N=CC=CN1.C=C1N=Cc2cccnc2N1.CC.CC.CC.CC.CC.CC.CC.CC.CC.CC.CC.CC.CC.CC.CC.CC.CC.CC.CC.CC.c1cc2[nH]ccc2cn1.c1cc2cc[nH]c2cn1.c1cnc2cc[nH]c2c1.c1cnc2nc[nH]c2c1. The van der Waals surface area contributed by atoms with Crippen molar-refractivity contribution in [2.45, 2.75) is 290 Å². The van der Waals surface area contributed by atoms with Crippen molar-refractivity contribution in [3.05, 3.63) is 269 Å². The van der Waals surface area contributed by atoms with Gasteiger partial charge in [0, 0.05) is 150 Å². The topological polar surface area (TPSA) is 275 Å². The molecule has 6 aliphatic rings. The van der Waals surface area contributed by atoms with Gasteiger partial charge in [0.15, 0.2) is 5.65 Å². The van der Waals surface area contributed by atoms with Crippen LogP contribution < -0.4 is 31.9 Å². The van der Waals surface area contributed by atoms with Gasteiger partial charge in [0.1, 0.15) is 23.3 Å². The Labute approximate surface area is 761 Å². The third-order valence-electron chi connectivity index (χ3n) is 11.2. The molecule has 0 aliphatic carbocycles. The average molecular weight is 1720 g/mol. The first-order chi connectivity index (χ1) is 61.3. The molecule has 21 heteroatoms. The van der Waals surface area contributed by atoms with E-state index in [2.05, 4.69) is 140 Å². The van der Waals surface area contributed by atoms with Gasteiger partial charge < -0.3 is 51.8 Å². The van der Waals surface area contributed by atoms with Crippen molar-refractivity contribution in [1.29, 1.82) is 0 Å². The van der Waals surface area contributed by atoms with E-state index in [1.54, 1.807) is 99.4 Å². The van der Waals surface area contributed by atoms with Gasteiger partial charge in [-0.3, -0.25) is 19.9 Å². The summed E-state index contributed by atoms with van der Waals surface area (Å²) in [6.07, 6.45) is 45.5. The summed E-state index contributed by atoms with van der Waals surface area (Å²) < 4.78 is 0. The normalized spacial score (nSPS) is 10.2. The molecule has 0 spiro atoms. The van der Waals surface area contributed by atoms with Crippen molar-refractivity contribution in [2.24, 2.45) is 20.0 Å².